The Kier molecular flexibility index (Phi) is 6.28. The molecule has 0 saturated carbocycles. The molecule has 31 heavy (non-hydrogen) atoms. The van der Waals surface area contributed by atoms with Crippen molar-refractivity contribution in [1.29, 1.82) is 0 Å². The van der Waals surface area contributed by atoms with Gasteiger partial charge in [0.25, 0.3) is 11.1 Å². The van der Waals surface area contributed by atoms with Crippen molar-refractivity contribution in [2.75, 3.05) is 11.1 Å². The molecule has 156 valence electrons. The maximum absolute atomic E-state index is 13.0. The molecule has 0 fully saturated rings. The predicted molar refractivity (Wildman–Crippen MR) is 117 cm³/mol. The van der Waals surface area contributed by atoms with Gasteiger partial charge in [0.1, 0.15) is 11.3 Å². The predicted octanol–water partition coefficient (Wildman–Crippen LogP) is 4.63. The van der Waals surface area contributed by atoms with Crippen LogP contribution in [-0.2, 0) is 11.3 Å². The summed E-state index contributed by atoms with van der Waals surface area (Å²) in [5.41, 5.74) is 3.21. The molecule has 4 aromatic rings. The molecule has 0 bridgehead atoms. The zero-order valence-electron chi connectivity index (χ0n) is 16.3. The van der Waals surface area contributed by atoms with Crippen LogP contribution >= 0.6 is 11.8 Å². The first-order valence-corrected chi connectivity index (χ1v) is 10.5. The lowest BCUT2D eigenvalue weighted by atomic mass is 10.1. The molecule has 0 radical (unpaired) electrons. The number of fused-ring (bicyclic) bond motifs is 1. The van der Waals surface area contributed by atoms with Crippen molar-refractivity contribution in [3.8, 4) is 0 Å². The van der Waals surface area contributed by atoms with Gasteiger partial charge < -0.3 is 15.1 Å². The molecule has 0 atom stereocenters. The van der Waals surface area contributed by atoms with E-state index < -0.39 is 5.82 Å². The molecular weight excluding hydrogens is 417 g/mol. The van der Waals surface area contributed by atoms with Gasteiger partial charge >= 0.3 is 0 Å². The number of carbonyl (C=O) groups is 2. The average molecular weight is 435 g/mol. The molecule has 8 heteroatoms. The van der Waals surface area contributed by atoms with Gasteiger partial charge in [-0.1, -0.05) is 36.0 Å². The second-order valence-electron chi connectivity index (χ2n) is 6.67. The van der Waals surface area contributed by atoms with Crippen molar-refractivity contribution >= 4 is 40.4 Å². The maximum atomic E-state index is 13.0. The van der Waals surface area contributed by atoms with Crippen molar-refractivity contribution < 1.29 is 18.4 Å². The van der Waals surface area contributed by atoms with Crippen LogP contribution < -0.4 is 10.6 Å². The van der Waals surface area contributed by atoms with Gasteiger partial charge in [0.15, 0.2) is 5.58 Å². The standard InChI is InChI=1S/C23H18FN3O3S/c24-17-10-8-16(9-11-17)22(29)26-18-5-3-4-15(12-18)13-25-21(28)14-31-23-27-19-6-1-2-7-20(19)30-23/h1-12H,13-14H2,(H,25,28)(H,26,29). The van der Waals surface area contributed by atoms with Crippen molar-refractivity contribution in [2.45, 2.75) is 11.8 Å². The molecule has 0 saturated heterocycles. The number of anilines is 1. The van der Waals surface area contributed by atoms with Crippen LogP contribution in [0.2, 0.25) is 0 Å². The third-order valence-electron chi connectivity index (χ3n) is 4.38. The first-order chi connectivity index (χ1) is 15.1. The minimum atomic E-state index is -0.399. The van der Waals surface area contributed by atoms with E-state index in [1.807, 2.05) is 30.3 Å². The molecule has 1 heterocycles. The molecule has 3 aromatic carbocycles. The van der Waals surface area contributed by atoms with Crippen LogP contribution in [-0.4, -0.2) is 22.6 Å². The van der Waals surface area contributed by atoms with Gasteiger partial charge in [0.05, 0.1) is 5.75 Å². The summed E-state index contributed by atoms with van der Waals surface area (Å²) in [4.78, 5) is 28.8. The number of oxazole rings is 1. The largest absolute Gasteiger partial charge is 0.431 e. The zero-order valence-corrected chi connectivity index (χ0v) is 17.1. The Balaban J connectivity index is 1.28. The Hall–Kier alpha value is -3.65. The highest BCUT2D eigenvalue weighted by Gasteiger charge is 2.10. The van der Waals surface area contributed by atoms with Gasteiger partial charge in [-0.2, -0.15) is 0 Å². The lowest BCUT2D eigenvalue weighted by Gasteiger charge is -2.09. The van der Waals surface area contributed by atoms with Crippen LogP contribution in [0.15, 0.2) is 82.4 Å². The van der Waals surface area contributed by atoms with Crippen LogP contribution in [0.4, 0.5) is 10.1 Å². The van der Waals surface area contributed by atoms with E-state index in [0.717, 1.165) is 11.1 Å². The summed E-state index contributed by atoms with van der Waals surface area (Å²) >= 11 is 1.23. The van der Waals surface area contributed by atoms with E-state index >= 15 is 0 Å². The third-order valence-corrected chi connectivity index (χ3v) is 5.21. The van der Waals surface area contributed by atoms with Gasteiger partial charge in [-0.05, 0) is 54.1 Å². The monoisotopic (exact) mass is 435 g/mol. The first-order valence-electron chi connectivity index (χ1n) is 9.48. The lowest BCUT2D eigenvalue weighted by Crippen LogP contribution is -2.24. The number of rotatable bonds is 7. The van der Waals surface area contributed by atoms with Gasteiger partial charge in [0, 0.05) is 17.8 Å². The number of hydrogen-bond acceptors (Lipinski definition) is 5. The first kappa shape index (κ1) is 20.6. The molecule has 4 rings (SSSR count). The number of para-hydroxylation sites is 2. The topological polar surface area (TPSA) is 84.2 Å². The fraction of sp³-hybridized carbons (Fsp3) is 0.0870. The van der Waals surface area contributed by atoms with E-state index in [-0.39, 0.29) is 17.6 Å². The maximum Gasteiger partial charge on any atom is 0.257 e. The Morgan fingerprint density at radius 2 is 1.81 bits per heavy atom. The third kappa shape index (κ3) is 5.49. The SMILES string of the molecule is O=C(CSc1nc2ccccc2o1)NCc1cccc(NC(=O)c2ccc(F)cc2)c1. The summed E-state index contributed by atoms with van der Waals surface area (Å²) in [6.07, 6.45) is 0. The van der Waals surface area contributed by atoms with Crippen LogP contribution in [0, 0.1) is 5.82 Å². The molecule has 0 aliphatic heterocycles. The van der Waals surface area contributed by atoms with Crippen LogP contribution in [0.25, 0.3) is 11.1 Å². The minimum absolute atomic E-state index is 0.159. The van der Waals surface area contributed by atoms with E-state index in [2.05, 4.69) is 15.6 Å². The molecule has 0 unspecified atom stereocenters. The van der Waals surface area contributed by atoms with Gasteiger partial charge in [-0.15, -0.1) is 0 Å². The normalized spacial score (nSPS) is 10.7. The van der Waals surface area contributed by atoms with Crippen molar-refractivity contribution in [3.05, 3.63) is 89.7 Å². The highest BCUT2D eigenvalue weighted by Crippen LogP contribution is 2.22. The Morgan fingerprint density at radius 3 is 2.61 bits per heavy atom. The number of hydrogen-bond donors (Lipinski definition) is 2. The number of nitrogens with zero attached hydrogens (tertiary/aromatic N) is 1. The highest BCUT2D eigenvalue weighted by atomic mass is 32.2. The quantitative estimate of drug-likeness (QED) is 0.414. The average Bonchev–Trinajstić information content (AvgIpc) is 3.20. The van der Waals surface area contributed by atoms with Gasteiger partial charge in [0.2, 0.25) is 5.91 Å². The molecule has 0 aliphatic carbocycles. The Morgan fingerprint density at radius 1 is 1.00 bits per heavy atom. The Labute approximate surface area is 181 Å². The van der Waals surface area contributed by atoms with E-state index in [0.29, 0.717) is 28.6 Å². The van der Waals surface area contributed by atoms with E-state index in [9.17, 15) is 14.0 Å². The molecule has 1 aromatic heterocycles. The van der Waals surface area contributed by atoms with Crippen molar-refractivity contribution in [1.82, 2.24) is 10.3 Å². The number of nitrogens with one attached hydrogen (secondary N) is 2. The molecule has 6 nitrogen and oxygen atoms in total. The molecule has 2 N–H and O–H groups in total. The molecule has 2 amide bonds. The van der Waals surface area contributed by atoms with Crippen molar-refractivity contribution in [2.24, 2.45) is 0 Å². The van der Waals surface area contributed by atoms with Crippen molar-refractivity contribution in [3.63, 3.8) is 0 Å². The number of aromatic nitrogens is 1. The Bertz CT molecular complexity index is 1190. The van der Waals surface area contributed by atoms with Crippen LogP contribution in [0.5, 0.6) is 0 Å². The summed E-state index contributed by atoms with van der Waals surface area (Å²) in [5, 5.41) is 6.05. The minimum Gasteiger partial charge on any atom is -0.431 e. The van der Waals surface area contributed by atoms with Crippen LogP contribution in [0.1, 0.15) is 15.9 Å². The number of benzene rings is 3. The number of halogens is 1. The van der Waals surface area contributed by atoms with E-state index in [1.54, 1.807) is 18.2 Å². The summed E-state index contributed by atoms with van der Waals surface area (Å²) in [7, 11) is 0. The summed E-state index contributed by atoms with van der Waals surface area (Å²) in [6, 6.07) is 19.9. The second-order valence-corrected chi connectivity index (χ2v) is 7.60. The number of amides is 2. The fourth-order valence-electron chi connectivity index (χ4n) is 2.86. The van der Waals surface area contributed by atoms with Gasteiger partial charge in [-0.3, -0.25) is 9.59 Å². The summed E-state index contributed by atoms with van der Waals surface area (Å²) < 4.78 is 18.6. The zero-order chi connectivity index (χ0) is 21.6. The number of carbonyl (C=O) groups excluding carboxylic acids is 2. The molecule has 0 aliphatic rings. The second kappa shape index (κ2) is 9.44. The molecule has 0 spiro atoms. The van der Waals surface area contributed by atoms with Gasteiger partial charge in [-0.25, -0.2) is 9.37 Å². The molecular formula is C23H18FN3O3S. The summed E-state index contributed by atoms with van der Waals surface area (Å²) in [5.74, 6) is -0.721. The smallest absolute Gasteiger partial charge is 0.257 e. The summed E-state index contributed by atoms with van der Waals surface area (Å²) in [6.45, 7) is 0.313. The van der Waals surface area contributed by atoms with Crippen LogP contribution in [0.3, 0.4) is 0 Å². The lowest BCUT2D eigenvalue weighted by molar-refractivity contribution is -0.118. The fourth-order valence-corrected chi connectivity index (χ4v) is 3.52. The highest BCUT2D eigenvalue weighted by molar-refractivity contribution is 7.99. The van der Waals surface area contributed by atoms with E-state index in [4.69, 9.17) is 4.42 Å². The van der Waals surface area contributed by atoms with E-state index in [1.165, 1.54) is 36.0 Å². The number of thioether (sulfide) groups is 1.